The van der Waals surface area contributed by atoms with Gasteiger partial charge in [0.2, 0.25) is 5.91 Å². The van der Waals surface area contributed by atoms with E-state index in [0.717, 1.165) is 0 Å². The van der Waals surface area contributed by atoms with Gasteiger partial charge in [0.15, 0.2) is 11.6 Å². The highest BCUT2D eigenvalue weighted by Crippen LogP contribution is 2.15. The van der Waals surface area contributed by atoms with E-state index in [4.69, 9.17) is 10.5 Å². The van der Waals surface area contributed by atoms with Gasteiger partial charge in [-0.1, -0.05) is 26.0 Å². The molecule has 112 valence electrons. The van der Waals surface area contributed by atoms with E-state index in [1.807, 2.05) is 13.8 Å². The Hall–Kier alpha value is -1.62. The van der Waals surface area contributed by atoms with Crippen LogP contribution in [0.1, 0.15) is 20.3 Å². The largest absolute Gasteiger partial charge is 0.489 e. The van der Waals surface area contributed by atoms with E-state index in [1.165, 1.54) is 6.07 Å². The molecule has 0 fully saturated rings. The zero-order valence-corrected chi connectivity index (χ0v) is 12.3. The third-order valence-corrected chi connectivity index (χ3v) is 3.21. The van der Waals surface area contributed by atoms with E-state index < -0.39 is 5.82 Å². The van der Waals surface area contributed by atoms with Crippen LogP contribution in [0.2, 0.25) is 0 Å². The molecule has 1 amide bonds. The van der Waals surface area contributed by atoms with Gasteiger partial charge in [0.1, 0.15) is 6.61 Å². The fourth-order valence-electron chi connectivity index (χ4n) is 1.57. The number of ether oxygens (including phenoxy) is 1. The van der Waals surface area contributed by atoms with Crippen molar-refractivity contribution < 1.29 is 13.9 Å². The molecule has 0 bridgehead atoms. The van der Waals surface area contributed by atoms with E-state index in [0.29, 0.717) is 13.0 Å². The van der Waals surface area contributed by atoms with Gasteiger partial charge in [0, 0.05) is 19.5 Å². The Morgan fingerprint density at radius 3 is 2.65 bits per heavy atom. The second-order valence-electron chi connectivity index (χ2n) is 5.21. The lowest BCUT2D eigenvalue weighted by Gasteiger charge is -2.21. The number of carbonyl (C=O) groups excluding carboxylic acids is 1. The molecule has 1 rings (SSSR count). The van der Waals surface area contributed by atoms with Gasteiger partial charge >= 0.3 is 0 Å². The quantitative estimate of drug-likeness (QED) is 0.832. The molecule has 4 nitrogen and oxygen atoms in total. The number of nitrogens with two attached hydrogens (primary N) is 1. The molecular weight excluding hydrogens is 259 g/mol. The van der Waals surface area contributed by atoms with Crippen molar-refractivity contribution in [3.05, 3.63) is 30.1 Å². The Labute approximate surface area is 119 Å². The Balaban J connectivity index is 2.34. The summed E-state index contributed by atoms with van der Waals surface area (Å²) in [5.74, 6) is 0.0425. The van der Waals surface area contributed by atoms with Crippen LogP contribution in [0.4, 0.5) is 4.39 Å². The van der Waals surface area contributed by atoms with Crippen LogP contribution < -0.4 is 10.5 Å². The summed E-state index contributed by atoms with van der Waals surface area (Å²) in [6.07, 6.45) is 0.313. The minimum absolute atomic E-state index is 0.0247. The molecular formula is C15H23FN2O2. The lowest BCUT2D eigenvalue weighted by atomic mass is 10.0. The predicted molar refractivity (Wildman–Crippen MR) is 77.0 cm³/mol. The van der Waals surface area contributed by atoms with Crippen molar-refractivity contribution in [3.63, 3.8) is 0 Å². The fraction of sp³-hybridized carbons (Fsp3) is 0.533. The van der Waals surface area contributed by atoms with Crippen LogP contribution in [0, 0.1) is 11.7 Å². The Bertz CT molecular complexity index is 438. The van der Waals surface area contributed by atoms with Crippen LogP contribution in [-0.2, 0) is 4.79 Å². The number of hydrogen-bond acceptors (Lipinski definition) is 3. The summed E-state index contributed by atoms with van der Waals surface area (Å²) < 4.78 is 18.6. The summed E-state index contributed by atoms with van der Waals surface area (Å²) in [6.45, 7) is 4.62. The average molecular weight is 282 g/mol. The van der Waals surface area contributed by atoms with Crippen molar-refractivity contribution in [1.82, 2.24) is 4.90 Å². The van der Waals surface area contributed by atoms with E-state index in [1.54, 1.807) is 30.1 Å². The Kier molecular flexibility index (Phi) is 6.45. The first-order valence-corrected chi connectivity index (χ1v) is 6.78. The predicted octanol–water partition coefficient (Wildman–Crippen LogP) is 2.04. The SMILES string of the molecule is CC(C)C(N)CC(=O)N(C)CCOc1ccccc1F. The zero-order valence-electron chi connectivity index (χ0n) is 12.3. The molecule has 0 saturated carbocycles. The number of para-hydroxylation sites is 1. The molecule has 0 aliphatic rings. The number of benzene rings is 1. The summed E-state index contributed by atoms with van der Waals surface area (Å²) in [7, 11) is 1.69. The first kappa shape index (κ1) is 16.4. The summed E-state index contributed by atoms with van der Waals surface area (Å²) in [5.41, 5.74) is 5.87. The Morgan fingerprint density at radius 2 is 2.05 bits per heavy atom. The second kappa shape index (κ2) is 7.85. The minimum atomic E-state index is -0.400. The number of nitrogens with zero attached hydrogens (tertiary/aromatic N) is 1. The van der Waals surface area contributed by atoms with Gasteiger partial charge in [-0.2, -0.15) is 0 Å². The van der Waals surface area contributed by atoms with Crippen LogP contribution in [0.3, 0.4) is 0 Å². The molecule has 0 aliphatic carbocycles. The van der Waals surface area contributed by atoms with Crippen molar-refractivity contribution in [2.75, 3.05) is 20.2 Å². The number of likely N-dealkylation sites (N-methyl/N-ethyl adjacent to an activating group) is 1. The molecule has 1 atom stereocenters. The molecule has 5 heteroatoms. The van der Waals surface area contributed by atoms with E-state index in [-0.39, 0.29) is 30.2 Å². The van der Waals surface area contributed by atoms with Gasteiger partial charge in [0.25, 0.3) is 0 Å². The van der Waals surface area contributed by atoms with E-state index in [9.17, 15) is 9.18 Å². The van der Waals surface area contributed by atoms with Gasteiger partial charge in [-0.05, 0) is 18.1 Å². The summed E-state index contributed by atoms with van der Waals surface area (Å²) in [4.78, 5) is 13.4. The molecule has 0 saturated heterocycles. The molecule has 0 spiro atoms. The van der Waals surface area contributed by atoms with Gasteiger partial charge in [-0.3, -0.25) is 4.79 Å². The summed E-state index contributed by atoms with van der Waals surface area (Å²) >= 11 is 0. The third kappa shape index (κ3) is 5.17. The first-order valence-electron chi connectivity index (χ1n) is 6.78. The number of rotatable bonds is 7. The topological polar surface area (TPSA) is 55.6 Å². The highest BCUT2D eigenvalue weighted by Gasteiger charge is 2.16. The first-order chi connectivity index (χ1) is 9.41. The fourth-order valence-corrected chi connectivity index (χ4v) is 1.57. The molecule has 2 N–H and O–H groups in total. The maximum Gasteiger partial charge on any atom is 0.223 e. The molecule has 0 heterocycles. The molecule has 0 aromatic heterocycles. The molecule has 0 radical (unpaired) electrons. The minimum Gasteiger partial charge on any atom is -0.489 e. The molecule has 0 aliphatic heterocycles. The monoisotopic (exact) mass is 282 g/mol. The van der Waals surface area contributed by atoms with E-state index in [2.05, 4.69) is 0 Å². The van der Waals surface area contributed by atoms with Crippen LogP contribution in [-0.4, -0.2) is 37.0 Å². The van der Waals surface area contributed by atoms with Crippen molar-refractivity contribution in [1.29, 1.82) is 0 Å². The van der Waals surface area contributed by atoms with Crippen LogP contribution >= 0.6 is 0 Å². The van der Waals surface area contributed by atoms with Crippen molar-refractivity contribution in [2.24, 2.45) is 11.7 Å². The maximum atomic E-state index is 13.3. The maximum absolute atomic E-state index is 13.3. The van der Waals surface area contributed by atoms with E-state index >= 15 is 0 Å². The molecule has 1 aromatic carbocycles. The van der Waals surface area contributed by atoms with Crippen LogP contribution in [0.15, 0.2) is 24.3 Å². The standard InChI is InChI=1S/C15H23FN2O2/c1-11(2)13(17)10-15(19)18(3)8-9-20-14-7-5-4-6-12(14)16/h4-7,11,13H,8-10,17H2,1-3H3. The van der Waals surface area contributed by atoms with Crippen molar-refractivity contribution in [2.45, 2.75) is 26.3 Å². The smallest absolute Gasteiger partial charge is 0.223 e. The lowest BCUT2D eigenvalue weighted by molar-refractivity contribution is -0.130. The number of carbonyl (C=O) groups is 1. The van der Waals surface area contributed by atoms with Crippen molar-refractivity contribution >= 4 is 5.91 Å². The number of halogens is 1. The summed E-state index contributed by atoms with van der Waals surface area (Å²) in [6, 6.07) is 6.06. The highest BCUT2D eigenvalue weighted by atomic mass is 19.1. The van der Waals surface area contributed by atoms with Gasteiger partial charge in [-0.15, -0.1) is 0 Å². The average Bonchev–Trinajstić information content (AvgIpc) is 2.40. The molecule has 20 heavy (non-hydrogen) atoms. The normalized spacial score (nSPS) is 12.3. The van der Waals surface area contributed by atoms with Crippen LogP contribution in [0.5, 0.6) is 5.75 Å². The Morgan fingerprint density at radius 1 is 1.40 bits per heavy atom. The summed E-state index contributed by atoms with van der Waals surface area (Å²) in [5, 5.41) is 0. The second-order valence-corrected chi connectivity index (χ2v) is 5.21. The van der Waals surface area contributed by atoms with Crippen molar-refractivity contribution in [3.8, 4) is 5.75 Å². The van der Waals surface area contributed by atoms with Gasteiger partial charge in [0.05, 0.1) is 6.54 Å². The zero-order chi connectivity index (χ0) is 15.1. The lowest BCUT2D eigenvalue weighted by Crippen LogP contribution is -2.37. The van der Waals surface area contributed by atoms with Gasteiger partial charge in [-0.25, -0.2) is 4.39 Å². The number of amides is 1. The molecule has 1 aromatic rings. The molecule has 1 unspecified atom stereocenters. The highest BCUT2D eigenvalue weighted by molar-refractivity contribution is 5.76. The van der Waals surface area contributed by atoms with Gasteiger partial charge < -0.3 is 15.4 Å². The van der Waals surface area contributed by atoms with Crippen LogP contribution in [0.25, 0.3) is 0 Å². The number of hydrogen-bond donors (Lipinski definition) is 1. The third-order valence-electron chi connectivity index (χ3n) is 3.21.